The number of aromatic nitrogens is 2. The molecular weight excluding hydrogens is 325 g/mol. The second kappa shape index (κ2) is 5.92. The van der Waals surface area contributed by atoms with E-state index in [0.717, 1.165) is 31.8 Å². The number of carbonyl (C=O) groups is 1. The van der Waals surface area contributed by atoms with E-state index >= 15 is 0 Å². The maximum absolute atomic E-state index is 13.1. The molecule has 3 fully saturated rings. The Bertz CT molecular complexity index is 711. The summed E-state index contributed by atoms with van der Waals surface area (Å²) in [5, 5.41) is 9.29. The van der Waals surface area contributed by atoms with Crippen LogP contribution in [0.2, 0.25) is 0 Å². The molecule has 132 valence electrons. The van der Waals surface area contributed by atoms with Gasteiger partial charge in [0, 0.05) is 13.1 Å². The van der Waals surface area contributed by atoms with Crippen molar-refractivity contribution in [1.29, 1.82) is 5.26 Å². The molecule has 3 heterocycles. The highest BCUT2D eigenvalue weighted by Crippen LogP contribution is 2.47. The van der Waals surface area contributed by atoms with E-state index in [0.29, 0.717) is 45.0 Å². The minimum Gasteiger partial charge on any atom is -0.369 e. The fourth-order valence-corrected chi connectivity index (χ4v) is 3.80. The van der Waals surface area contributed by atoms with E-state index in [9.17, 15) is 14.4 Å². The number of rotatable bonds is 2. The van der Waals surface area contributed by atoms with E-state index in [1.165, 1.54) is 0 Å². The van der Waals surface area contributed by atoms with Crippen molar-refractivity contribution < 1.29 is 13.9 Å². The number of morpholine rings is 1. The number of halogens is 1. The van der Waals surface area contributed by atoms with Crippen molar-refractivity contribution in [2.75, 3.05) is 37.7 Å². The fourth-order valence-electron chi connectivity index (χ4n) is 3.80. The number of amides is 1. The molecule has 1 amide bonds. The first kappa shape index (κ1) is 16.2. The van der Waals surface area contributed by atoms with Crippen LogP contribution in [0.4, 0.5) is 10.3 Å². The number of nitriles is 1. The summed E-state index contributed by atoms with van der Waals surface area (Å²) in [5.74, 6) is -0.0524. The topological polar surface area (TPSA) is 82.4 Å². The van der Waals surface area contributed by atoms with Crippen LogP contribution in [0.15, 0.2) is 12.4 Å². The van der Waals surface area contributed by atoms with Crippen LogP contribution in [0.1, 0.15) is 25.7 Å². The predicted octanol–water partition coefficient (Wildman–Crippen LogP) is 1.12. The number of ether oxygens (including phenoxy) is 1. The SMILES string of the molecule is N#CC1(C(=O)N2CCOC3(CCCN(c4ncc(F)cn4)C3)C2)CC1. The van der Waals surface area contributed by atoms with E-state index in [2.05, 4.69) is 16.0 Å². The van der Waals surface area contributed by atoms with Crippen molar-refractivity contribution >= 4 is 11.9 Å². The van der Waals surface area contributed by atoms with Crippen molar-refractivity contribution in [3.8, 4) is 6.07 Å². The monoisotopic (exact) mass is 345 g/mol. The molecule has 0 bridgehead atoms. The van der Waals surface area contributed by atoms with Gasteiger partial charge in [-0.05, 0) is 25.7 Å². The molecule has 1 atom stereocenters. The molecule has 4 rings (SSSR count). The summed E-state index contributed by atoms with van der Waals surface area (Å²) in [7, 11) is 0. The van der Waals surface area contributed by atoms with Gasteiger partial charge in [-0.25, -0.2) is 14.4 Å². The molecule has 2 saturated heterocycles. The van der Waals surface area contributed by atoms with Gasteiger partial charge in [-0.2, -0.15) is 5.26 Å². The quantitative estimate of drug-likeness (QED) is 0.799. The highest BCUT2D eigenvalue weighted by Gasteiger charge is 2.54. The molecule has 1 aromatic heterocycles. The largest absolute Gasteiger partial charge is 0.369 e. The summed E-state index contributed by atoms with van der Waals surface area (Å²) in [5.41, 5.74) is -1.28. The molecule has 1 unspecified atom stereocenters. The highest BCUT2D eigenvalue weighted by molar-refractivity contribution is 5.88. The summed E-state index contributed by atoms with van der Waals surface area (Å²) < 4.78 is 19.1. The highest BCUT2D eigenvalue weighted by atomic mass is 19.1. The molecule has 1 aliphatic carbocycles. The number of nitrogens with zero attached hydrogens (tertiary/aromatic N) is 5. The van der Waals surface area contributed by atoms with E-state index in [-0.39, 0.29) is 5.91 Å². The minimum atomic E-state index is -0.799. The number of hydrogen-bond acceptors (Lipinski definition) is 6. The van der Waals surface area contributed by atoms with Crippen LogP contribution in [-0.2, 0) is 9.53 Å². The Kier molecular flexibility index (Phi) is 3.84. The fraction of sp³-hybridized carbons (Fsp3) is 0.647. The van der Waals surface area contributed by atoms with E-state index in [4.69, 9.17) is 4.74 Å². The first-order chi connectivity index (χ1) is 12.1. The van der Waals surface area contributed by atoms with Crippen molar-refractivity contribution in [1.82, 2.24) is 14.9 Å². The van der Waals surface area contributed by atoms with Gasteiger partial charge in [-0.3, -0.25) is 4.79 Å². The van der Waals surface area contributed by atoms with Crippen molar-refractivity contribution in [3.05, 3.63) is 18.2 Å². The van der Waals surface area contributed by atoms with Crippen LogP contribution in [0.25, 0.3) is 0 Å². The molecule has 0 N–H and O–H groups in total. The lowest BCUT2D eigenvalue weighted by atomic mass is 9.90. The molecule has 1 spiro atoms. The lowest BCUT2D eigenvalue weighted by Gasteiger charge is -2.48. The maximum Gasteiger partial charge on any atom is 0.243 e. The summed E-state index contributed by atoms with van der Waals surface area (Å²) in [4.78, 5) is 24.6. The summed E-state index contributed by atoms with van der Waals surface area (Å²) in [6.07, 6.45) is 5.35. The second-order valence-electron chi connectivity index (χ2n) is 7.18. The second-order valence-corrected chi connectivity index (χ2v) is 7.18. The third-order valence-corrected chi connectivity index (χ3v) is 5.34. The Labute approximate surface area is 145 Å². The van der Waals surface area contributed by atoms with Crippen LogP contribution in [0.3, 0.4) is 0 Å². The van der Waals surface area contributed by atoms with Gasteiger partial charge in [-0.1, -0.05) is 0 Å². The number of anilines is 1. The van der Waals surface area contributed by atoms with Gasteiger partial charge in [0.2, 0.25) is 11.9 Å². The minimum absolute atomic E-state index is 0.0622. The Morgan fingerprint density at radius 2 is 2.00 bits per heavy atom. The van der Waals surface area contributed by atoms with Crippen LogP contribution in [-0.4, -0.2) is 59.2 Å². The molecule has 1 aromatic rings. The lowest BCUT2D eigenvalue weighted by Crippen LogP contribution is -2.61. The molecule has 7 nitrogen and oxygen atoms in total. The first-order valence-corrected chi connectivity index (χ1v) is 8.63. The zero-order valence-corrected chi connectivity index (χ0v) is 13.9. The first-order valence-electron chi connectivity index (χ1n) is 8.63. The van der Waals surface area contributed by atoms with Gasteiger partial charge in [0.05, 0.1) is 38.2 Å². The molecule has 8 heteroatoms. The van der Waals surface area contributed by atoms with Crippen LogP contribution in [0.5, 0.6) is 0 Å². The number of carbonyl (C=O) groups excluding carboxylic acids is 1. The van der Waals surface area contributed by atoms with Gasteiger partial charge >= 0.3 is 0 Å². The van der Waals surface area contributed by atoms with Crippen molar-refractivity contribution in [2.24, 2.45) is 5.41 Å². The van der Waals surface area contributed by atoms with Crippen LogP contribution < -0.4 is 4.90 Å². The lowest BCUT2D eigenvalue weighted by molar-refractivity contribution is -0.155. The standard InChI is InChI=1S/C17H20FN5O2/c18-13-8-20-15(21-9-13)23-5-1-2-17(12-23)11-22(6-7-25-17)14(24)16(10-19)3-4-16/h8-9H,1-7,11-12H2. The zero-order chi connectivity index (χ0) is 17.5. The van der Waals surface area contributed by atoms with Gasteiger partial charge in [-0.15, -0.1) is 0 Å². The molecule has 0 aromatic carbocycles. The van der Waals surface area contributed by atoms with E-state index in [1.807, 2.05) is 4.90 Å². The Morgan fingerprint density at radius 3 is 2.68 bits per heavy atom. The van der Waals surface area contributed by atoms with E-state index in [1.54, 1.807) is 4.90 Å². The van der Waals surface area contributed by atoms with Crippen LogP contribution in [0, 0.1) is 22.6 Å². The average Bonchev–Trinajstić information content (AvgIpc) is 3.43. The molecule has 1 saturated carbocycles. The van der Waals surface area contributed by atoms with Crippen molar-refractivity contribution in [3.63, 3.8) is 0 Å². The summed E-state index contributed by atoms with van der Waals surface area (Å²) in [6.45, 7) is 2.80. The van der Waals surface area contributed by atoms with Crippen LogP contribution >= 0.6 is 0 Å². The third-order valence-electron chi connectivity index (χ3n) is 5.34. The molecule has 2 aliphatic heterocycles. The molecular formula is C17H20FN5O2. The van der Waals surface area contributed by atoms with Gasteiger partial charge in [0.1, 0.15) is 11.0 Å². The zero-order valence-electron chi connectivity index (χ0n) is 13.9. The number of piperidine rings is 1. The Hall–Kier alpha value is -2.27. The van der Waals surface area contributed by atoms with Crippen molar-refractivity contribution in [2.45, 2.75) is 31.3 Å². The predicted molar refractivity (Wildman–Crippen MR) is 86.0 cm³/mol. The van der Waals surface area contributed by atoms with Gasteiger partial charge in [0.25, 0.3) is 0 Å². The van der Waals surface area contributed by atoms with Gasteiger partial charge in [0.15, 0.2) is 5.82 Å². The maximum atomic E-state index is 13.1. The normalized spacial score (nSPS) is 27.8. The average molecular weight is 345 g/mol. The van der Waals surface area contributed by atoms with Gasteiger partial charge < -0.3 is 14.5 Å². The Balaban J connectivity index is 1.50. The third kappa shape index (κ3) is 2.93. The molecule has 25 heavy (non-hydrogen) atoms. The summed E-state index contributed by atoms with van der Waals surface area (Å²) in [6, 6.07) is 2.18. The molecule has 3 aliphatic rings. The summed E-state index contributed by atoms with van der Waals surface area (Å²) >= 11 is 0. The van der Waals surface area contributed by atoms with E-state index < -0.39 is 16.8 Å². The molecule has 0 radical (unpaired) electrons. The number of hydrogen-bond donors (Lipinski definition) is 0. The smallest absolute Gasteiger partial charge is 0.243 e. The Morgan fingerprint density at radius 1 is 1.24 bits per heavy atom.